The van der Waals surface area contributed by atoms with Crippen LogP contribution in [-0.2, 0) is 0 Å². The Balaban J connectivity index is 2.24. The summed E-state index contributed by atoms with van der Waals surface area (Å²) in [5.74, 6) is 0.774. The van der Waals surface area contributed by atoms with Crippen LogP contribution in [0.2, 0.25) is 0 Å². The van der Waals surface area contributed by atoms with E-state index in [4.69, 9.17) is 5.73 Å². The van der Waals surface area contributed by atoms with Crippen LogP contribution in [0.15, 0.2) is 12.2 Å². The molecule has 1 nitrogen and oxygen atoms in total. The first kappa shape index (κ1) is 9.79. The minimum Gasteiger partial charge on any atom is -0.327 e. The van der Waals surface area contributed by atoms with Crippen LogP contribution in [0.3, 0.4) is 0 Å². The SMILES string of the molecule is C=C(C)CCC1CCCCC1N. The minimum atomic E-state index is 0.470. The Bertz CT molecular complexity index is 151. The Morgan fingerprint density at radius 2 is 2.08 bits per heavy atom. The van der Waals surface area contributed by atoms with Crippen LogP contribution < -0.4 is 5.73 Å². The first-order chi connectivity index (χ1) is 5.70. The van der Waals surface area contributed by atoms with Crippen molar-refractivity contribution in [3.63, 3.8) is 0 Å². The van der Waals surface area contributed by atoms with Crippen LogP contribution in [0.1, 0.15) is 45.4 Å². The number of hydrogen-bond donors (Lipinski definition) is 1. The molecule has 0 bridgehead atoms. The van der Waals surface area contributed by atoms with Crippen molar-refractivity contribution in [2.75, 3.05) is 0 Å². The van der Waals surface area contributed by atoms with Gasteiger partial charge in [0, 0.05) is 6.04 Å². The highest BCUT2D eigenvalue weighted by Gasteiger charge is 2.20. The van der Waals surface area contributed by atoms with Crippen molar-refractivity contribution >= 4 is 0 Å². The van der Waals surface area contributed by atoms with E-state index in [-0.39, 0.29) is 0 Å². The number of nitrogens with two attached hydrogens (primary N) is 1. The van der Waals surface area contributed by atoms with Crippen LogP contribution in [0, 0.1) is 5.92 Å². The summed E-state index contributed by atoms with van der Waals surface area (Å²) in [5, 5.41) is 0. The molecule has 2 unspecified atom stereocenters. The molecule has 1 heteroatoms. The summed E-state index contributed by atoms with van der Waals surface area (Å²) >= 11 is 0. The second kappa shape index (κ2) is 4.66. The third kappa shape index (κ3) is 2.98. The molecule has 0 aromatic carbocycles. The smallest absolute Gasteiger partial charge is 0.00672 e. The molecule has 0 radical (unpaired) electrons. The molecule has 1 fully saturated rings. The normalized spacial score (nSPS) is 30.2. The lowest BCUT2D eigenvalue weighted by atomic mass is 9.82. The monoisotopic (exact) mass is 167 g/mol. The maximum absolute atomic E-state index is 6.04. The highest BCUT2D eigenvalue weighted by atomic mass is 14.7. The average molecular weight is 167 g/mol. The van der Waals surface area contributed by atoms with Crippen molar-refractivity contribution in [1.82, 2.24) is 0 Å². The van der Waals surface area contributed by atoms with Gasteiger partial charge in [-0.3, -0.25) is 0 Å². The molecule has 0 spiro atoms. The molecule has 0 aliphatic heterocycles. The quantitative estimate of drug-likeness (QED) is 0.643. The summed E-state index contributed by atoms with van der Waals surface area (Å²) in [5.41, 5.74) is 7.33. The van der Waals surface area contributed by atoms with Gasteiger partial charge in [0.05, 0.1) is 0 Å². The van der Waals surface area contributed by atoms with E-state index in [2.05, 4.69) is 13.5 Å². The summed E-state index contributed by atoms with van der Waals surface area (Å²) in [6.07, 6.45) is 7.73. The minimum absolute atomic E-state index is 0.470. The molecule has 1 saturated carbocycles. The maximum atomic E-state index is 6.04. The lowest BCUT2D eigenvalue weighted by molar-refractivity contribution is 0.292. The number of allylic oxidation sites excluding steroid dienone is 1. The Morgan fingerprint density at radius 3 is 2.67 bits per heavy atom. The van der Waals surface area contributed by atoms with Crippen molar-refractivity contribution in [3.8, 4) is 0 Å². The van der Waals surface area contributed by atoms with E-state index in [0.29, 0.717) is 6.04 Å². The van der Waals surface area contributed by atoms with Gasteiger partial charge < -0.3 is 5.73 Å². The largest absolute Gasteiger partial charge is 0.327 e. The van der Waals surface area contributed by atoms with Gasteiger partial charge in [-0.25, -0.2) is 0 Å². The number of rotatable bonds is 3. The Labute approximate surface area is 76.0 Å². The standard InChI is InChI=1S/C11H21N/c1-9(2)7-8-10-5-3-4-6-11(10)12/h10-11H,1,3-8,12H2,2H3. The van der Waals surface area contributed by atoms with Crippen LogP contribution >= 0.6 is 0 Å². The van der Waals surface area contributed by atoms with Gasteiger partial charge in [0.1, 0.15) is 0 Å². The van der Waals surface area contributed by atoms with Gasteiger partial charge in [0.15, 0.2) is 0 Å². The fourth-order valence-electron chi connectivity index (χ4n) is 2.03. The van der Waals surface area contributed by atoms with Crippen LogP contribution in [-0.4, -0.2) is 6.04 Å². The molecule has 0 saturated heterocycles. The fraction of sp³-hybridized carbons (Fsp3) is 0.818. The molecule has 0 heterocycles. The summed E-state index contributed by atoms with van der Waals surface area (Å²) in [7, 11) is 0. The van der Waals surface area contributed by atoms with Crippen LogP contribution in [0.4, 0.5) is 0 Å². The summed E-state index contributed by atoms with van der Waals surface area (Å²) < 4.78 is 0. The van der Waals surface area contributed by atoms with Gasteiger partial charge in [-0.2, -0.15) is 0 Å². The second-order valence-corrected chi connectivity index (χ2v) is 4.20. The maximum Gasteiger partial charge on any atom is 0.00672 e. The van der Waals surface area contributed by atoms with Crippen LogP contribution in [0.5, 0.6) is 0 Å². The molecule has 0 aromatic rings. The first-order valence-electron chi connectivity index (χ1n) is 5.10. The first-order valence-corrected chi connectivity index (χ1v) is 5.10. The zero-order valence-electron chi connectivity index (χ0n) is 8.18. The molecule has 1 aliphatic rings. The molecule has 12 heavy (non-hydrogen) atoms. The zero-order valence-corrected chi connectivity index (χ0v) is 8.18. The summed E-state index contributed by atoms with van der Waals surface area (Å²) in [4.78, 5) is 0. The molecule has 2 N–H and O–H groups in total. The van der Waals surface area contributed by atoms with Crippen molar-refractivity contribution in [1.29, 1.82) is 0 Å². The molecule has 0 aromatic heterocycles. The van der Waals surface area contributed by atoms with E-state index in [1.165, 1.54) is 44.1 Å². The van der Waals surface area contributed by atoms with Gasteiger partial charge in [-0.15, -0.1) is 6.58 Å². The highest BCUT2D eigenvalue weighted by molar-refractivity contribution is 4.90. The third-order valence-electron chi connectivity index (χ3n) is 2.91. The molecular weight excluding hydrogens is 146 g/mol. The van der Waals surface area contributed by atoms with Gasteiger partial charge in [0.2, 0.25) is 0 Å². The summed E-state index contributed by atoms with van der Waals surface area (Å²) in [6, 6.07) is 0.470. The Hall–Kier alpha value is -0.300. The Morgan fingerprint density at radius 1 is 1.42 bits per heavy atom. The molecule has 1 aliphatic carbocycles. The Kier molecular flexibility index (Phi) is 3.80. The third-order valence-corrected chi connectivity index (χ3v) is 2.91. The topological polar surface area (TPSA) is 26.0 Å². The lowest BCUT2D eigenvalue weighted by Gasteiger charge is -2.28. The molecule has 2 atom stereocenters. The van der Waals surface area contributed by atoms with E-state index in [0.717, 1.165) is 5.92 Å². The zero-order chi connectivity index (χ0) is 8.97. The van der Waals surface area contributed by atoms with Crippen molar-refractivity contribution in [2.24, 2.45) is 11.7 Å². The lowest BCUT2D eigenvalue weighted by Crippen LogP contribution is -2.32. The average Bonchev–Trinajstić information content (AvgIpc) is 2.03. The van der Waals surface area contributed by atoms with Crippen molar-refractivity contribution in [2.45, 2.75) is 51.5 Å². The number of hydrogen-bond acceptors (Lipinski definition) is 1. The van der Waals surface area contributed by atoms with Crippen LogP contribution in [0.25, 0.3) is 0 Å². The predicted molar refractivity (Wildman–Crippen MR) is 54.0 cm³/mol. The summed E-state index contributed by atoms with van der Waals surface area (Å²) in [6.45, 7) is 6.03. The van der Waals surface area contributed by atoms with Crippen molar-refractivity contribution in [3.05, 3.63) is 12.2 Å². The van der Waals surface area contributed by atoms with E-state index < -0.39 is 0 Å². The van der Waals surface area contributed by atoms with Gasteiger partial charge in [-0.05, 0) is 38.5 Å². The second-order valence-electron chi connectivity index (χ2n) is 4.20. The fourth-order valence-corrected chi connectivity index (χ4v) is 2.03. The molecule has 0 amide bonds. The van der Waals surface area contributed by atoms with Gasteiger partial charge >= 0.3 is 0 Å². The van der Waals surface area contributed by atoms with E-state index in [9.17, 15) is 0 Å². The molecule has 70 valence electrons. The highest BCUT2D eigenvalue weighted by Crippen LogP contribution is 2.27. The molecule has 1 rings (SSSR count). The van der Waals surface area contributed by atoms with Gasteiger partial charge in [0.25, 0.3) is 0 Å². The molecular formula is C11H21N. The van der Waals surface area contributed by atoms with E-state index >= 15 is 0 Å². The predicted octanol–water partition coefficient (Wildman–Crippen LogP) is 2.86. The van der Waals surface area contributed by atoms with Crippen molar-refractivity contribution < 1.29 is 0 Å². The van der Waals surface area contributed by atoms with E-state index in [1.807, 2.05) is 0 Å². The van der Waals surface area contributed by atoms with E-state index in [1.54, 1.807) is 0 Å². The van der Waals surface area contributed by atoms with Gasteiger partial charge in [-0.1, -0.05) is 18.4 Å².